The van der Waals surface area contributed by atoms with Gasteiger partial charge in [-0.25, -0.2) is 4.39 Å². The maximum absolute atomic E-state index is 14.9. The van der Waals surface area contributed by atoms with Crippen LogP contribution in [0.2, 0.25) is 0 Å². The summed E-state index contributed by atoms with van der Waals surface area (Å²) in [6.07, 6.45) is 5.25. The molecule has 6 nitrogen and oxygen atoms in total. The molecule has 1 aliphatic heterocycles. The van der Waals surface area contributed by atoms with Crippen molar-refractivity contribution in [3.63, 3.8) is 0 Å². The molecule has 2 aromatic heterocycles. The number of nitrogens with two attached hydrogens (primary N) is 1. The average molecular weight is 439 g/mol. The summed E-state index contributed by atoms with van der Waals surface area (Å²) in [5, 5.41) is 14.6. The first kappa shape index (κ1) is 20.9. The number of hydrogen-bond donors (Lipinski definition) is 2. The second-order valence-electron chi connectivity index (χ2n) is 8.18. The van der Waals surface area contributed by atoms with Crippen molar-refractivity contribution in [3.8, 4) is 28.5 Å². The molecule has 4 aromatic rings. The number of pyridine rings is 2. The predicted octanol–water partition coefficient (Wildman–Crippen LogP) is 4.27. The summed E-state index contributed by atoms with van der Waals surface area (Å²) in [5.74, 6) is -0.411. The van der Waals surface area contributed by atoms with Crippen LogP contribution in [0.3, 0.4) is 0 Å². The zero-order chi connectivity index (χ0) is 22.9. The standard InChI is InChI=1S/C26H23FN6/c1-16-3-2-4-21(27)23(16)25-17(12-28)11-18-13-31-15-20(24(18)26(25)29)22-6-5-19(14-32-22)33-9-7-30-8-10-33/h2-6,11,13-15,30H,7-10,29H2,1H3. The normalized spacial score (nSPS) is 13.8. The molecule has 3 N–H and O–H groups in total. The molecular weight excluding hydrogens is 415 g/mol. The van der Waals surface area contributed by atoms with Crippen LogP contribution in [-0.4, -0.2) is 36.1 Å². The number of nitriles is 1. The second-order valence-corrected chi connectivity index (χ2v) is 8.18. The van der Waals surface area contributed by atoms with Gasteiger partial charge >= 0.3 is 0 Å². The van der Waals surface area contributed by atoms with Gasteiger partial charge in [0, 0.05) is 71.7 Å². The topological polar surface area (TPSA) is 90.9 Å². The van der Waals surface area contributed by atoms with Crippen LogP contribution >= 0.6 is 0 Å². The molecule has 0 saturated carbocycles. The van der Waals surface area contributed by atoms with E-state index >= 15 is 0 Å². The van der Waals surface area contributed by atoms with E-state index in [1.807, 2.05) is 31.3 Å². The molecule has 1 fully saturated rings. The molecule has 0 atom stereocenters. The Morgan fingerprint density at radius 3 is 2.61 bits per heavy atom. The van der Waals surface area contributed by atoms with Gasteiger partial charge in [0.15, 0.2) is 0 Å². The minimum absolute atomic E-state index is 0.314. The van der Waals surface area contributed by atoms with Crippen molar-refractivity contribution in [2.24, 2.45) is 0 Å². The smallest absolute Gasteiger partial charge is 0.131 e. The Kier molecular flexibility index (Phi) is 5.37. The van der Waals surface area contributed by atoms with E-state index in [4.69, 9.17) is 10.7 Å². The van der Waals surface area contributed by atoms with Crippen molar-refractivity contribution in [2.75, 3.05) is 36.8 Å². The highest BCUT2D eigenvalue weighted by Gasteiger charge is 2.21. The SMILES string of the molecule is Cc1cccc(F)c1-c1c(C#N)cc2cncc(-c3ccc(N4CCNCC4)cn3)c2c1N. The van der Waals surface area contributed by atoms with Crippen molar-refractivity contribution < 1.29 is 4.39 Å². The quantitative estimate of drug-likeness (QED) is 0.464. The van der Waals surface area contributed by atoms with E-state index in [1.54, 1.807) is 24.5 Å². The molecule has 164 valence electrons. The number of nitrogen functional groups attached to an aromatic ring is 1. The van der Waals surface area contributed by atoms with E-state index < -0.39 is 5.82 Å². The van der Waals surface area contributed by atoms with Crippen molar-refractivity contribution in [1.29, 1.82) is 5.26 Å². The van der Waals surface area contributed by atoms with Gasteiger partial charge in [0.2, 0.25) is 0 Å². The molecule has 2 aromatic carbocycles. The van der Waals surface area contributed by atoms with Gasteiger partial charge in [-0.05, 0) is 36.8 Å². The number of aromatic nitrogens is 2. The Bertz CT molecular complexity index is 1360. The zero-order valence-electron chi connectivity index (χ0n) is 18.3. The van der Waals surface area contributed by atoms with Crippen LogP contribution in [0.4, 0.5) is 15.8 Å². The van der Waals surface area contributed by atoms with Gasteiger partial charge in [0.05, 0.1) is 29.2 Å². The number of halogens is 1. The molecule has 0 amide bonds. The lowest BCUT2D eigenvalue weighted by molar-refractivity contribution is 0.589. The van der Waals surface area contributed by atoms with Crippen LogP contribution in [-0.2, 0) is 0 Å². The number of hydrogen-bond acceptors (Lipinski definition) is 6. The van der Waals surface area contributed by atoms with Crippen LogP contribution in [0.5, 0.6) is 0 Å². The summed E-state index contributed by atoms with van der Waals surface area (Å²) in [4.78, 5) is 11.3. The Balaban J connectivity index is 1.69. The van der Waals surface area contributed by atoms with Crippen LogP contribution in [0.1, 0.15) is 11.1 Å². The van der Waals surface area contributed by atoms with Crippen molar-refractivity contribution in [2.45, 2.75) is 6.92 Å². The lowest BCUT2D eigenvalue weighted by Gasteiger charge is -2.29. The molecule has 1 aliphatic rings. The highest BCUT2D eigenvalue weighted by molar-refractivity contribution is 6.09. The predicted molar refractivity (Wildman–Crippen MR) is 129 cm³/mol. The minimum Gasteiger partial charge on any atom is -0.398 e. The number of aryl methyl sites for hydroxylation is 1. The molecule has 0 aliphatic carbocycles. The third-order valence-corrected chi connectivity index (χ3v) is 6.18. The molecule has 0 radical (unpaired) electrons. The van der Waals surface area contributed by atoms with Gasteiger partial charge in [0.1, 0.15) is 5.82 Å². The number of nitrogens with one attached hydrogen (secondary N) is 1. The van der Waals surface area contributed by atoms with E-state index in [0.29, 0.717) is 38.7 Å². The number of fused-ring (bicyclic) bond motifs is 1. The Labute approximate surface area is 191 Å². The third-order valence-electron chi connectivity index (χ3n) is 6.18. The summed E-state index contributed by atoms with van der Waals surface area (Å²) >= 11 is 0. The average Bonchev–Trinajstić information content (AvgIpc) is 2.85. The number of nitrogens with zero attached hydrogens (tertiary/aromatic N) is 4. The number of rotatable bonds is 3. The van der Waals surface area contributed by atoms with Crippen LogP contribution in [0.25, 0.3) is 33.2 Å². The fourth-order valence-corrected chi connectivity index (χ4v) is 4.54. The van der Waals surface area contributed by atoms with Crippen molar-refractivity contribution >= 4 is 22.1 Å². The zero-order valence-corrected chi connectivity index (χ0v) is 18.3. The van der Waals surface area contributed by atoms with Crippen molar-refractivity contribution in [1.82, 2.24) is 15.3 Å². The monoisotopic (exact) mass is 438 g/mol. The fourth-order valence-electron chi connectivity index (χ4n) is 4.54. The molecule has 0 unspecified atom stereocenters. The van der Waals surface area contributed by atoms with Gasteiger partial charge in [-0.1, -0.05) is 12.1 Å². The van der Waals surface area contributed by atoms with Gasteiger partial charge in [-0.3, -0.25) is 9.97 Å². The molecule has 5 rings (SSSR count). The van der Waals surface area contributed by atoms with Crippen LogP contribution < -0.4 is 16.0 Å². The van der Waals surface area contributed by atoms with Gasteiger partial charge in [-0.15, -0.1) is 0 Å². The molecule has 0 spiro atoms. The summed E-state index contributed by atoms with van der Waals surface area (Å²) in [6.45, 7) is 5.58. The van der Waals surface area contributed by atoms with Crippen LogP contribution in [0.15, 0.2) is 55.0 Å². The van der Waals surface area contributed by atoms with Crippen molar-refractivity contribution in [3.05, 3.63) is 71.9 Å². The summed E-state index contributed by atoms with van der Waals surface area (Å²) in [6, 6.07) is 12.8. The molecule has 3 heterocycles. The van der Waals surface area contributed by atoms with E-state index in [-0.39, 0.29) is 0 Å². The molecule has 0 bridgehead atoms. The second kappa shape index (κ2) is 8.49. The fraction of sp³-hybridized carbons (Fsp3) is 0.192. The maximum atomic E-state index is 14.9. The minimum atomic E-state index is -0.411. The van der Waals surface area contributed by atoms with Gasteiger partial charge < -0.3 is 16.0 Å². The highest BCUT2D eigenvalue weighted by Crippen LogP contribution is 2.41. The molecule has 1 saturated heterocycles. The Morgan fingerprint density at radius 2 is 1.91 bits per heavy atom. The third kappa shape index (κ3) is 3.65. The first-order valence-electron chi connectivity index (χ1n) is 10.9. The summed E-state index contributed by atoms with van der Waals surface area (Å²) in [7, 11) is 0. The summed E-state index contributed by atoms with van der Waals surface area (Å²) < 4.78 is 14.9. The molecular formula is C26H23FN6. The Morgan fingerprint density at radius 1 is 1.09 bits per heavy atom. The Hall–Kier alpha value is -4.02. The van der Waals surface area contributed by atoms with Gasteiger partial charge in [-0.2, -0.15) is 5.26 Å². The molecule has 33 heavy (non-hydrogen) atoms. The highest BCUT2D eigenvalue weighted by atomic mass is 19.1. The molecule has 7 heteroatoms. The largest absolute Gasteiger partial charge is 0.398 e. The number of benzene rings is 2. The lowest BCUT2D eigenvalue weighted by atomic mass is 9.90. The van der Waals surface area contributed by atoms with E-state index in [2.05, 4.69) is 21.3 Å². The van der Waals surface area contributed by atoms with Gasteiger partial charge in [0.25, 0.3) is 0 Å². The number of anilines is 2. The maximum Gasteiger partial charge on any atom is 0.131 e. The van der Waals surface area contributed by atoms with E-state index in [1.165, 1.54) is 6.07 Å². The number of piperazine rings is 1. The van der Waals surface area contributed by atoms with E-state index in [0.717, 1.165) is 43.1 Å². The van der Waals surface area contributed by atoms with E-state index in [9.17, 15) is 9.65 Å². The van der Waals surface area contributed by atoms with Crippen LogP contribution in [0, 0.1) is 24.1 Å². The first-order chi connectivity index (χ1) is 16.1. The summed E-state index contributed by atoms with van der Waals surface area (Å²) in [5.41, 5.74) is 11.3. The lowest BCUT2D eigenvalue weighted by Crippen LogP contribution is -2.43. The first-order valence-corrected chi connectivity index (χ1v) is 10.9.